The van der Waals surface area contributed by atoms with E-state index in [0.29, 0.717) is 47.9 Å². The van der Waals surface area contributed by atoms with Crippen LogP contribution in [-0.4, -0.2) is 113 Å². The minimum Gasteiger partial charge on any atom is -0.386 e. The van der Waals surface area contributed by atoms with Crippen molar-refractivity contribution in [3.05, 3.63) is 282 Å². The molecule has 0 fully saturated rings. The van der Waals surface area contributed by atoms with E-state index < -0.39 is 23.4 Å². The first kappa shape index (κ1) is 72.3. The van der Waals surface area contributed by atoms with Gasteiger partial charge in [-0.05, 0) is 212 Å². The minimum absolute atomic E-state index is 0.287. The number of aliphatic hydroxyl groups is 4. The van der Waals surface area contributed by atoms with Crippen molar-refractivity contribution in [2.45, 2.75) is 129 Å². The lowest BCUT2D eigenvalue weighted by atomic mass is 9.95. The molecule has 0 amide bonds. The van der Waals surface area contributed by atoms with Gasteiger partial charge in [-0.2, -0.15) is 0 Å². The topological polar surface area (TPSA) is 114 Å². The molecule has 0 bridgehead atoms. The summed E-state index contributed by atoms with van der Waals surface area (Å²) in [5, 5.41) is 49.9. The second-order valence-electron chi connectivity index (χ2n) is 29.0. The predicted octanol–water partition coefficient (Wildman–Crippen LogP) is 16.3. The molecule has 0 spiro atoms. The van der Waals surface area contributed by atoms with Gasteiger partial charge in [-0.15, -0.1) is 0 Å². The molecule has 0 saturated heterocycles. The summed E-state index contributed by atoms with van der Waals surface area (Å²) < 4.78 is 63.4. The van der Waals surface area contributed by atoms with E-state index in [9.17, 15) is 38.0 Å². The maximum Gasteiger partial charge on any atom is 0.129 e. The van der Waals surface area contributed by atoms with Crippen LogP contribution in [0.5, 0.6) is 0 Å². The maximum absolute atomic E-state index is 14.1. The summed E-state index contributed by atoms with van der Waals surface area (Å²) in [4.78, 5) is 9.15. The molecule has 4 aliphatic rings. The van der Waals surface area contributed by atoms with Crippen LogP contribution in [0.15, 0.2) is 170 Å². The molecule has 4 unspecified atom stereocenters. The molecule has 0 radical (unpaired) electrons. The molecular formula is C84H90Cl2F4N8O4. The van der Waals surface area contributed by atoms with Crippen LogP contribution in [0.1, 0.15) is 104 Å². The highest BCUT2D eigenvalue weighted by molar-refractivity contribution is 6.31. The first-order chi connectivity index (χ1) is 48.8. The summed E-state index contributed by atoms with van der Waals surface area (Å²) in [6.07, 6.45) is 2.18. The number of fused-ring (bicyclic) bond motifs is 12. The second kappa shape index (κ2) is 29.9. The Labute approximate surface area is 604 Å². The highest BCUT2D eigenvalue weighted by Crippen LogP contribution is 2.40. The third-order valence-corrected chi connectivity index (χ3v) is 21.6. The Morgan fingerprint density at radius 2 is 0.686 bits per heavy atom. The number of aromatic nitrogens is 4. The van der Waals surface area contributed by atoms with Crippen molar-refractivity contribution in [1.82, 2.24) is 37.9 Å². The Balaban J connectivity index is 0.000000121. The Bertz CT molecular complexity index is 4730. The monoisotopic (exact) mass is 1420 g/mol. The van der Waals surface area contributed by atoms with E-state index in [2.05, 4.69) is 116 Å². The van der Waals surface area contributed by atoms with E-state index in [0.717, 1.165) is 116 Å². The van der Waals surface area contributed by atoms with Gasteiger partial charge in [0.15, 0.2) is 0 Å². The Hall–Kier alpha value is -8.10. The van der Waals surface area contributed by atoms with Crippen LogP contribution in [0.2, 0.25) is 10.0 Å². The Morgan fingerprint density at radius 1 is 0.392 bits per heavy atom. The normalized spacial score (nSPS) is 16.7. The van der Waals surface area contributed by atoms with E-state index in [-0.39, 0.29) is 23.3 Å². The molecule has 4 aliphatic heterocycles. The number of halogens is 6. The fourth-order valence-corrected chi connectivity index (χ4v) is 16.0. The molecule has 8 aromatic carbocycles. The fourth-order valence-electron chi connectivity index (χ4n) is 15.7. The van der Waals surface area contributed by atoms with E-state index in [1.54, 1.807) is 74.5 Å². The molecule has 12 aromatic rings. The molecule has 4 atom stereocenters. The van der Waals surface area contributed by atoms with Gasteiger partial charge < -0.3 is 58.3 Å². The van der Waals surface area contributed by atoms with Crippen LogP contribution < -0.4 is 0 Å². The zero-order valence-corrected chi connectivity index (χ0v) is 60.8. The molecule has 18 heteroatoms. The minimum atomic E-state index is -1.11. The van der Waals surface area contributed by atoms with Crippen LogP contribution in [-0.2, 0) is 89.2 Å². The standard InChI is InChI=1S/C22H25FN2O.C21H22ClFN2O.C21H23FN2O.C20H20ClFN2O/c1-15-4-9-20-19(12-15)18-10-11-24(3)13-21(18)25(20)14-22(2,26)16-5-7-17(23)8-6-16;1-21(26,14-3-6-16(23)7-4-14)13-25-19-8-5-15(22)11-18(19)17-9-10-24(2)12-20(17)25;1-14-7-8-19-17(11-14)15-9-10-23(2)12-20(15)24(19)13-21(25)16-5-3-4-6-18(16)22;1-23-9-8-14-16-10-13(21)6-7-18(16)24(19(14)11-23)12-20(25)15-4-2-3-5-17(15)22/h4-9,12,26H,10-11,13-14H2,1-3H3;3-8,11,26H,9-10,12-13H2,1-2H3;3-8,11,21,25H,9-10,12-13H2,1-2H3;2-7,10,20,25H,8-9,11-12H2,1H3. The van der Waals surface area contributed by atoms with Gasteiger partial charge in [0.2, 0.25) is 0 Å². The van der Waals surface area contributed by atoms with Crippen molar-refractivity contribution in [1.29, 1.82) is 0 Å². The number of nitrogens with zero attached hydrogens (tertiary/aromatic N) is 8. The van der Waals surface area contributed by atoms with E-state index in [1.807, 2.05) is 36.4 Å². The van der Waals surface area contributed by atoms with Crippen LogP contribution >= 0.6 is 23.2 Å². The van der Waals surface area contributed by atoms with Gasteiger partial charge in [-0.25, -0.2) is 17.6 Å². The highest BCUT2D eigenvalue weighted by atomic mass is 35.5. The van der Waals surface area contributed by atoms with Gasteiger partial charge in [-0.1, -0.05) is 107 Å². The lowest BCUT2D eigenvalue weighted by molar-refractivity contribution is 0.0376. The SMILES string of the molecule is CN1CCc2c(n(CC(C)(O)c3ccc(F)cc3)c3ccc(Cl)cc23)C1.CN1CCc2c(n(CC(O)c3ccccc3F)c3ccc(Cl)cc23)C1.Cc1ccc2c(c1)c1c(n2CC(C)(O)c2ccc(F)cc2)CN(C)CC1.Cc1ccc2c(c1)c1c(n2CC(O)c2ccccc2F)CN(C)CC1. The molecule has 4 N–H and O–H groups in total. The Morgan fingerprint density at radius 3 is 1.02 bits per heavy atom. The molecule has 16 rings (SSSR count). The number of aryl methyl sites for hydroxylation is 2. The van der Waals surface area contributed by atoms with E-state index in [1.165, 1.54) is 109 Å². The average Bonchev–Trinajstić information content (AvgIpc) is 1.62. The third kappa shape index (κ3) is 15.1. The molecule has 8 heterocycles. The molecular weight excluding hydrogens is 1330 g/mol. The van der Waals surface area contributed by atoms with Crippen LogP contribution in [0.4, 0.5) is 17.6 Å². The molecule has 0 aliphatic carbocycles. The largest absolute Gasteiger partial charge is 0.386 e. The molecule has 532 valence electrons. The molecule has 102 heavy (non-hydrogen) atoms. The quantitative estimate of drug-likeness (QED) is 0.0895. The van der Waals surface area contributed by atoms with Crippen LogP contribution in [0.3, 0.4) is 0 Å². The summed E-state index contributed by atoms with van der Waals surface area (Å²) in [6, 6.07) is 49.9. The molecule has 0 saturated carbocycles. The van der Waals surface area contributed by atoms with Crippen molar-refractivity contribution >= 4 is 66.8 Å². The number of benzene rings is 8. The smallest absolute Gasteiger partial charge is 0.129 e. The zero-order valence-electron chi connectivity index (χ0n) is 59.3. The number of rotatable bonds is 12. The fraction of sp³-hybridized carbons (Fsp3) is 0.333. The Kier molecular flexibility index (Phi) is 21.2. The first-order valence-electron chi connectivity index (χ1n) is 35.1. The first-order valence-corrected chi connectivity index (χ1v) is 35.9. The second-order valence-corrected chi connectivity index (χ2v) is 29.9. The summed E-state index contributed by atoms with van der Waals surface area (Å²) >= 11 is 12.4. The predicted molar refractivity (Wildman–Crippen MR) is 402 cm³/mol. The van der Waals surface area contributed by atoms with Crippen molar-refractivity contribution in [3.63, 3.8) is 0 Å². The summed E-state index contributed by atoms with van der Waals surface area (Å²) in [6.45, 7) is 16.8. The van der Waals surface area contributed by atoms with Gasteiger partial charge in [0.25, 0.3) is 0 Å². The lowest BCUT2D eigenvalue weighted by Crippen LogP contribution is -2.32. The van der Waals surface area contributed by atoms with E-state index in [4.69, 9.17) is 23.2 Å². The van der Waals surface area contributed by atoms with Gasteiger partial charge >= 0.3 is 0 Å². The van der Waals surface area contributed by atoms with Crippen molar-refractivity contribution < 1.29 is 38.0 Å². The van der Waals surface area contributed by atoms with Crippen molar-refractivity contribution in [2.24, 2.45) is 0 Å². The number of aliphatic hydroxyl groups excluding tert-OH is 2. The van der Waals surface area contributed by atoms with Gasteiger partial charge in [-0.3, -0.25) is 0 Å². The van der Waals surface area contributed by atoms with Crippen LogP contribution in [0, 0.1) is 37.1 Å². The number of hydrogen-bond donors (Lipinski definition) is 4. The number of hydrogen-bond acceptors (Lipinski definition) is 8. The number of likely N-dealkylation sites (N-methyl/N-ethyl adjacent to an activating group) is 4. The molecule has 12 nitrogen and oxygen atoms in total. The highest BCUT2D eigenvalue weighted by Gasteiger charge is 2.33. The summed E-state index contributed by atoms with van der Waals surface area (Å²) in [5.41, 5.74) is 17.1. The lowest BCUT2D eigenvalue weighted by Gasteiger charge is -2.29. The van der Waals surface area contributed by atoms with E-state index >= 15 is 0 Å². The maximum atomic E-state index is 14.1. The zero-order chi connectivity index (χ0) is 72.1. The van der Waals surface area contributed by atoms with Crippen molar-refractivity contribution in [2.75, 3.05) is 54.4 Å². The van der Waals surface area contributed by atoms with Gasteiger partial charge in [0.1, 0.15) is 34.5 Å². The van der Waals surface area contributed by atoms with Crippen molar-refractivity contribution in [3.8, 4) is 0 Å². The summed E-state index contributed by atoms with van der Waals surface area (Å²) in [5.74, 6) is -1.32. The third-order valence-electron chi connectivity index (χ3n) is 21.1. The average molecular weight is 1420 g/mol. The molecule has 4 aromatic heterocycles. The van der Waals surface area contributed by atoms with Gasteiger partial charge in [0.05, 0.1) is 38.4 Å². The van der Waals surface area contributed by atoms with Gasteiger partial charge in [0, 0.05) is 140 Å². The summed E-state index contributed by atoms with van der Waals surface area (Å²) in [7, 11) is 8.44. The van der Waals surface area contributed by atoms with Crippen LogP contribution in [0.25, 0.3) is 43.6 Å².